The Kier molecular flexibility index (Phi) is 4.60. The van der Waals surface area contributed by atoms with Crippen molar-refractivity contribution in [3.05, 3.63) is 105 Å². The highest BCUT2D eigenvalue weighted by Gasteiger charge is 2.62. The molecule has 0 heterocycles. The third-order valence-electron chi connectivity index (χ3n) is 11.6. The van der Waals surface area contributed by atoms with E-state index >= 15 is 0 Å². The first kappa shape index (κ1) is 23.4. The molecule has 39 heavy (non-hydrogen) atoms. The molecule has 0 radical (unpaired) electrons. The first-order chi connectivity index (χ1) is 18.9. The van der Waals surface area contributed by atoms with E-state index in [0.29, 0.717) is 0 Å². The zero-order chi connectivity index (χ0) is 26.3. The summed E-state index contributed by atoms with van der Waals surface area (Å²) in [6.07, 6.45) is 6.98. The Morgan fingerprint density at radius 1 is 0.641 bits per heavy atom. The number of rotatable bonds is 1. The van der Waals surface area contributed by atoms with Crippen molar-refractivity contribution < 1.29 is 0 Å². The fourth-order valence-electron chi connectivity index (χ4n) is 10.3. The summed E-state index contributed by atoms with van der Waals surface area (Å²) in [4.78, 5) is 0. The predicted octanol–water partition coefficient (Wildman–Crippen LogP) is 10.8. The minimum atomic E-state index is -0.0491. The van der Waals surface area contributed by atoms with E-state index in [1.807, 2.05) is 0 Å². The summed E-state index contributed by atoms with van der Waals surface area (Å²) < 4.78 is 1.14. The highest BCUT2D eigenvalue weighted by molar-refractivity contribution is 9.10. The van der Waals surface area contributed by atoms with E-state index in [0.717, 1.165) is 33.2 Å². The van der Waals surface area contributed by atoms with Gasteiger partial charge in [0.25, 0.3) is 0 Å². The number of halogens is 2. The molecular formula is C37H32BrCl. The fraction of sp³-hybridized carbons (Fsp3) is 0.351. The van der Waals surface area contributed by atoms with E-state index in [1.54, 1.807) is 5.56 Å². The van der Waals surface area contributed by atoms with Crippen LogP contribution < -0.4 is 0 Å². The zero-order valence-corrected chi connectivity index (χ0v) is 24.9. The molecule has 10 rings (SSSR count). The van der Waals surface area contributed by atoms with Gasteiger partial charge in [0.2, 0.25) is 0 Å². The normalized spacial score (nSPS) is 29.8. The molecule has 4 aromatic carbocycles. The molecule has 0 nitrogen and oxygen atoms in total. The maximum absolute atomic E-state index is 7.69. The van der Waals surface area contributed by atoms with Crippen molar-refractivity contribution in [2.24, 2.45) is 23.7 Å². The van der Waals surface area contributed by atoms with Crippen LogP contribution in [0.2, 0.25) is 5.02 Å². The van der Waals surface area contributed by atoms with Crippen LogP contribution in [0, 0.1) is 23.7 Å². The summed E-state index contributed by atoms with van der Waals surface area (Å²) in [5.74, 6) is 3.29. The van der Waals surface area contributed by atoms with Crippen LogP contribution in [0.15, 0.2) is 77.3 Å². The van der Waals surface area contributed by atoms with Gasteiger partial charge in [-0.3, -0.25) is 0 Å². The monoisotopic (exact) mass is 590 g/mol. The smallest absolute Gasteiger partial charge is 0.0531 e. The van der Waals surface area contributed by atoms with Gasteiger partial charge in [-0.05, 0) is 124 Å². The summed E-state index contributed by atoms with van der Waals surface area (Å²) in [5, 5.41) is 1.01. The van der Waals surface area contributed by atoms with Crippen molar-refractivity contribution in [1.29, 1.82) is 0 Å². The molecule has 0 atom stereocenters. The molecule has 0 aromatic heterocycles. The average Bonchev–Trinajstić information content (AvgIpc) is 3.34. The van der Waals surface area contributed by atoms with Crippen molar-refractivity contribution in [3.8, 4) is 33.4 Å². The summed E-state index contributed by atoms with van der Waals surface area (Å²) in [5.41, 5.74) is 13.9. The number of hydrogen-bond donors (Lipinski definition) is 0. The maximum Gasteiger partial charge on any atom is 0.0531 e. The van der Waals surface area contributed by atoms with Crippen LogP contribution in [0.25, 0.3) is 33.4 Å². The second kappa shape index (κ2) is 7.68. The van der Waals surface area contributed by atoms with Crippen LogP contribution in [0.3, 0.4) is 0 Å². The van der Waals surface area contributed by atoms with Crippen LogP contribution in [0.4, 0.5) is 0 Å². The van der Waals surface area contributed by atoms with Gasteiger partial charge in [-0.2, -0.15) is 0 Å². The second-order valence-electron chi connectivity index (χ2n) is 13.6. The molecule has 0 unspecified atom stereocenters. The molecule has 1 spiro atoms. The molecule has 6 aliphatic carbocycles. The Bertz CT molecular complexity index is 1700. The molecule has 194 valence electrons. The molecule has 2 heteroatoms. The molecule has 6 aliphatic rings. The Balaban J connectivity index is 1.25. The van der Waals surface area contributed by atoms with E-state index in [2.05, 4.69) is 103 Å². The summed E-state index contributed by atoms with van der Waals surface area (Å²) in [7, 11) is 0. The average molecular weight is 592 g/mol. The molecule has 4 saturated carbocycles. The van der Waals surface area contributed by atoms with Gasteiger partial charge < -0.3 is 0 Å². The highest BCUT2D eigenvalue weighted by atomic mass is 79.9. The van der Waals surface area contributed by atoms with Gasteiger partial charge in [0.1, 0.15) is 0 Å². The Hall–Kier alpha value is -2.35. The van der Waals surface area contributed by atoms with E-state index < -0.39 is 0 Å². The molecule has 4 bridgehead atoms. The SMILES string of the molecule is CC1(C)c2cc(Br)ccc2-c2ccc(-c3ccc4c(c3Cl)C3(c5ccccc5-4)C4CC5CC(C4)CC3C5)cc21. The predicted molar refractivity (Wildman–Crippen MR) is 165 cm³/mol. The lowest BCUT2D eigenvalue weighted by molar-refractivity contribution is -0.0398. The molecule has 0 N–H and O–H groups in total. The summed E-state index contributed by atoms with van der Waals surface area (Å²) in [6.45, 7) is 4.72. The van der Waals surface area contributed by atoms with Crippen molar-refractivity contribution in [2.75, 3.05) is 0 Å². The lowest BCUT2D eigenvalue weighted by Gasteiger charge is -2.61. The summed E-state index contributed by atoms with van der Waals surface area (Å²) in [6, 6.07) is 27.8. The van der Waals surface area contributed by atoms with Crippen molar-refractivity contribution in [2.45, 2.75) is 56.8 Å². The van der Waals surface area contributed by atoms with Gasteiger partial charge in [-0.25, -0.2) is 0 Å². The van der Waals surface area contributed by atoms with Gasteiger partial charge in [0, 0.05) is 20.9 Å². The van der Waals surface area contributed by atoms with E-state index in [4.69, 9.17) is 11.6 Å². The van der Waals surface area contributed by atoms with Crippen molar-refractivity contribution >= 4 is 27.5 Å². The largest absolute Gasteiger partial charge is 0.0833 e. The van der Waals surface area contributed by atoms with E-state index in [1.165, 1.54) is 82.2 Å². The quantitative estimate of drug-likeness (QED) is 0.206. The Morgan fingerprint density at radius 3 is 1.97 bits per heavy atom. The van der Waals surface area contributed by atoms with Crippen LogP contribution in [0.5, 0.6) is 0 Å². The van der Waals surface area contributed by atoms with Gasteiger partial charge in [-0.1, -0.05) is 96.0 Å². The Morgan fingerprint density at radius 2 is 1.23 bits per heavy atom. The number of fused-ring (bicyclic) bond motifs is 6. The highest BCUT2D eigenvalue weighted by Crippen LogP contribution is 2.70. The minimum Gasteiger partial charge on any atom is -0.0833 e. The van der Waals surface area contributed by atoms with Gasteiger partial charge >= 0.3 is 0 Å². The molecule has 0 amide bonds. The van der Waals surface area contributed by atoms with Crippen LogP contribution >= 0.6 is 27.5 Å². The van der Waals surface area contributed by atoms with Crippen LogP contribution in [-0.4, -0.2) is 0 Å². The molecule has 4 fully saturated rings. The first-order valence-electron chi connectivity index (χ1n) is 14.8. The Labute approximate surface area is 244 Å². The van der Waals surface area contributed by atoms with Gasteiger partial charge in [0.15, 0.2) is 0 Å². The molecule has 0 aliphatic heterocycles. The van der Waals surface area contributed by atoms with E-state index in [-0.39, 0.29) is 10.8 Å². The number of hydrogen-bond acceptors (Lipinski definition) is 0. The molecular weight excluding hydrogens is 560 g/mol. The fourth-order valence-corrected chi connectivity index (χ4v) is 11.1. The van der Waals surface area contributed by atoms with Crippen molar-refractivity contribution in [3.63, 3.8) is 0 Å². The first-order valence-corrected chi connectivity index (χ1v) is 15.9. The number of benzene rings is 4. The van der Waals surface area contributed by atoms with Crippen molar-refractivity contribution in [1.82, 2.24) is 0 Å². The third-order valence-corrected chi connectivity index (χ3v) is 12.5. The lowest BCUT2D eigenvalue weighted by Crippen LogP contribution is -2.55. The van der Waals surface area contributed by atoms with Crippen LogP contribution in [-0.2, 0) is 10.8 Å². The summed E-state index contributed by atoms with van der Waals surface area (Å²) >= 11 is 11.4. The second-order valence-corrected chi connectivity index (χ2v) is 14.9. The third kappa shape index (κ3) is 2.82. The topological polar surface area (TPSA) is 0 Å². The van der Waals surface area contributed by atoms with Gasteiger partial charge in [0.05, 0.1) is 5.02 Å². The van der Waals surface area contributed by atoms with E-state index in [9.17, 15) is 0 Å². The van der Waals surface area contributed by atoms with Gasteiger partial charge in [-0.15, -0.1) is 0 Å². The molecule has 0 saturated heterocycles. The zero-order valence-electron chi connectivity index (χ0n) is 22.5. The standard InChI is InChI=1S/C37H32BrCl/c1-36(2)32-18-22(7-9-28(32)29-10-8-25(38)19-33(29)36)26-11-12-30-27-5-3-4-6-31(27)37(34(30)35(26)39)23-14-20-13-21(16-23)17-24(37)15-20/h3-12,18-21,23-24H,13-17H2,1-2H3. The lowest BCUT2D eigenvalue weighted by atomic mass is 9.43. The minimum absolute atomic E-state index is 0.0491. The van der Waals surface area contributed by atoms with Crippen LogP contribution in [0.1, 0.15) is 68.2 Å². The maximum atomic E-state index is 7.69. The molecule has 4 aromatic rings.